The van der Waals surface area contributed by atoms with Crippen LogP contribution in [0, 0.1) is 0 Å². The van der Waals surface area contributed by atoms with Crippen LogP contribution >= 0.6 is 0 Å². The predicted molar refractivity (Wildman–Crippen MR) is 97.8 cm³/mol. The van der Waals surface area contributed by atoms with Gasteiger partial charge in [-0.05, 0) is 42.5 Å². The summed E-state index contributed by atoms with van der Waals surface area (Å²) in [5.74, 6) is -0.208. The number of hydrogen-bond donors (Lipinski definition) is 3. The highest BCUT2D eigenvalue weighted by atomic mass is 16.4. The minimum Gasteiger partial charge on any atom is -0.478 e. The zero-order valence-corrected chi connectivity index (χ0v) is 14.2. The number of benzene rings is 2. The van der Waals surface area contributed by atoms with E-state index in [0.29, 0.717) is 17.5 Å². The molecule has 3 N–H and O–H groups in total. The fraction of sp³-hybridized carbons (Fsp3) is 0.381. The van der Waals surface area contributed by atoms with Crippen LogP contribution in [-0.4, -0.2) is 29.2 Å². The van der Waals surface area contributed by atoms with E-state index in [-0.39, 0.29) is 5.54 Å². The van der Waals surface area contributed by atoms with Gasteiger partial charge < -0.3 is 15.7 Å². The molecule has 1 unspecified atom stereocenters. The van der Waals surface area contributed by atoms with Crippen molar-refractivity contribution >= 4 is 5.97 Å². The molecule has 0 aliphatic heterocycles. The lowest BCUT2D eigenvalue weighted by atomic mass is 10.1. The number of hydrogen-bond acceptors (Lipinski definition) is 3. The molecule has 130 valence electrons. The summed E-state index contributed by atoms with van der Waals surface area (Å²) in [6, 6.07) is 18.5. The SMILES string of the molecule is O=C(O)c1ccc(CNC2(CNC3C[C@@H]3c3ccccc3)CC2)cc1. The maximum atomic E-state index is 10.9. The Morgan fingerprint density at radius 3 is 2.44 bits per heavy atom. The van der Waals surface area contributed by atoms with E-state index in [4.69, 9.17) is 5.11 Å². The smallest absolute Gasteiger partial charge is 0.335 e. The average Bonchev–Trinajstić information content (AvgIpc) is 3.55. The van der Waals surface area contributed by atoms with Crippen molar-refractivity contribution in [2.75, 3.05) is 6.54 Å². The Kier molecular flexibility index (Phi) is 4.32. The number of carboxylic acid groups (broad SMARTS) is 1. The van der Waals surface area contributed by atoms with Crippen LogP contribution in [-0.2, 0) is 6.54 Å². The summed E-state index contributed by atoms with van der Waals surface area (Å²) in [6.07, 6.45) is 3.64. The van der Waals surface area contributed by atoms with Gasteiger partial charge in [0.25, 0.3) is 0 Å². The number of carboxylic acids is 1. The second kappa shape index (κ2) is 6.62. The topological polar surface area (TPSA) is 61.4 Å². The quantitative estimate of drug-likeness (QED) is 0.693. The minimum absolute atomic E-state index is 0.218. The number of carbonyl (C=O) groups is 1. The summed E-state index contributed by atoms with van der Waals surface area (Å²) in [4.78, 5) is 10.9. The molecule has 0 heterocycles. The minimum atomic E-state index is -0.875. The van der Waals surface area contributed by atoms with E-state index >= 15 is 0 Å². The van der Waals surface area contributed by atoms with Crippen molar-refractivity contribution in [2.45, 2.75) is 43.3 Å². The zero-order chi connectivity index (χ0) is 17.3. The van der Waals surface area contributed by atoms with Crippen LogP contribution in [0.15, 0.2) is 54.6 Å². The van der Waals surface area contributed by atoms with Crippen molar-refractivity contribution in [3.8, 4) is 0 Å². The molecule has 2 aliphatic carbocycles. The van der Waals surface area contributed by atoms with Gasteiger partial charge in [-0.15, -0.1) is 0 Å². The molecule has 0 aromatic heterocycles. The predicted octanol–water partition coefficient (Wildman–Crippen LogP) is 3.15. The van der Waals surface area contributed by atoms with E-state index in [9.17, 15) is 4.79 Å². The molecule has 4 rings (SSSR count). The van der Waals surface area contributed by atoms with Crippen LogP contribution in [0.3, 0.4) is 0 Å². The van der Waals surface area contributed by atoms with E-state index in [1.807, 2.05) is 12.1 Å². The number of nitrogens with one attached hydrogen (secondary N) is 2. The average molecular weight is 336 g/mol. The first-order valence-corrected chi connectivity index (χ1v) is 9.01. The highest BCUT2D eigenvalue weighted by Gasteiger charge is 2.45. The molecule has 0 radical (unpaired) electrons. The molecule has 0 amide bonds. The van der Waals surface area contributed by atoms with Gasteiger partial charge in [0, 0.05) is 30.6 Å². The van der Waals surface area contributed by atoms with Gasteiger partial charge in [0.1, 0.15) is 0 Å². The Labute approximate surface area is 148 Å². The van der Waals surface area contributed by atoms with E-state index in [1.165, 1.54) is 24.8 Å². The van der Waals surface area contributed by atoms with Crippen LogP contribution in [0.1, 0.15) is 46.7 Å². The summed E-state index contributed by atoms with van der Waals surface area (Å²) in [5.41, 5.74) is 3.13. The van der Waals surface area contributed by atoms with Crippen molar-refractivity contribution in [3.63, 3.8) is 0 Å². The fourth-order valence-electron chi connectivity index (χ4n) is 3.44. The van der Waals surface area contributed by atoms with Gasteiger partial charge in [-0.3, -0.25) is 0 Å². The Hall–Kier alpha value is -2.17. The summed E-state index contributed by atoms with van der Waals surface area (Å²) in [5, 5.41) is 16.3. The zero-order valence-electron chi connectivity index (χ0n) is 14.2. The van der Waals surface area contributed by atoms with E-state index < -0.39 is 5.97 Å². The summed E-state index contributed by atoms with van der Waals surface area (Å²) in [7, 11) is 0. The Bertz CT molecular complexity index is 738. The standard InChI is InChI=1S/C21H24N2O2/c24-20(25)17-8-6-15(7-9-17)13-23-21(10-11-21)14-22-19-12-18(19)16-4-2-1-3-5-16/h1-9,18-19,22-23H,10-14H2,(H,24,25)/t18-,19?/m1/s1. The molecule has 0 spiro atoms. The lowest BCUT2D eigenvalue weighted by Crippen LogP contribution is -2.41. The first-order chi connectivity index (χ1) is 12.2. The van der Waals surface area contributed by atoms with E-state index in [0.717, 1.165) is 18.7 Å². The van der Waals surface area contributed by atoms with Crippen molar-refractivity contribution in [3.05, 3.63) is 71.3 Å². The molecular weight excluding hydrogens is 312 g/mol. The maximum absolute atomic E-state index is 10.9. The van der Waals surface area contributed by atoms with Crippen LogP contribution in [0.4, 0.5) is 0 Å². The second-order valence-corrected chi connectivity index (χ2v) is 7.38. The molecule has 2 saturated carbocycles. The van der Waals surface area contributed by atoms with Crippen LogP contribution in [0.25, 0.3) is 0 Å². The third kappa shape index (κ3) is 3.91. The molecule has 2 aliphatic rings. The Balaban J connectivity index is 1.24. The molecule has 2 aromatic rings. The number of aromatic carboxylic acids is 1. The molecule has 0 saturated heterocycles. The highest BCUT2D eigenvalue weighted by molar-refractivity contribution is 5.87. The van der Waals surface area contributed by atoms with Gasteiger partial charge in [0.05, 0.1) is 5.56 Å². The van der Waals surface area contributed by atoms with Crippen LogP contribution in [0.5, 0.6) is 0 Å². The maximum Gasteiger partial charge on any atom is 0.335 e. The van der Waals surface area contributed by atoms with Gasteiger partial charge >= 0.3 is 5.97 Å². The fourth-order valence-corrected chi connectivity index (χ4v) is 3.44. The van der Waals surface area contributed by atoms with Gasteiger partial charge in [-0.25, -0.2) is 4.79 Å². The first-order valence-electron chi connectivity index (χ1n) is 9.01. The Morgan fingerprint density at radius 2 is 1.80 bits per heavy atom. The third-order valence-electron chi connectivity index (χ3n) is 5.44. The normalized spacial score (nSPS) is 23.2. The van der Waals surface area contributed by atoms with Crippen molar-refractivity contribution in [2.24, 2.45) is 0 Å². The number of rotatable bonds is 8. The molecule has 4 heteroatoms. The monoisotopic (exact) mass is 336 g/mol. The summed E-state index contributed by atoms with van der Waals surface area (Å²) in [6.45, 7) is 1.79. The molecule has 2 atom stereocenters. The second-order valence-electron chi connectivity index (χ2n) is 7.38. The Morgan fingerprint density at radius 1 is 1.08 bits per heavy atom. The van der Waals surface area contributed by atoms with Gasteiger partial charge in [-0.2, -0.15) is 0 Å². The molecule has 4 nitrogen and oxygen atoms in total. The molecule has 0 bridgehead atoms. The van der Waals surface area contributed by atoms with Crippen molar-refractivity contribution in [1.29, 1.82) is 0 Å². The highest BCUT2D eigenvalue weighted by Crippen LogP contribution is 2.42. The summed E-state index contributed by atoms with van der Waals surface area (Å²) >= 11 is 0. The third-order valence-corrected chi connectivity index (χ3v) is 5.44. The lowest BCUT2D eigenvalue weighted by Gasteiger charge is -2.18. The van der Waals surface area contributed by atoms with Crippen molar-refractivity contribution < 1.29 is 9.90 Å². The molecule has 25 heavy (non-hydrogen) atoms. The van der Waals surface area contributed by atoms with Gasteiger partial charge in [0.15, 0.2) is 0 Å². The largest absolute Gasteiger partial charge is 0.478 e. The van der Waals surface area contributed by atoms with E-state index in [1.54, 1.807) is 12.1 Å². The molecule has 2 fully saturated rings. The van der Waals surface area contributed by atoms with Crippen molar-refractivity contribution in [1.82, 2.24) is 10.6 Å². The lowest BCUT2D eigenvalue weighted by molar-refractivity contribution is 0.0697. The van der Waals surface area contributed by atoms with Gasteiger partial charge in [-0.1, -0.05) is 42.5 Å². The summed E-state index contributed by atoms with van der Waals surface area (Å²) < 4.78 is 0. The van der Waals surface area contributed by atoms with Crippen LogP contribution < -0.4 is 10.6 Å². The van der Waals surface area contributed by atoms with Gasteiger partial charge in [0.2, 0.25) is 0 Å². The van der Waals surface area contributed by atoms with Crippen LogP contribution in [0.2, 0.25) is 0 Å². The molecule has 2 aromatic carbocycles. The first kappa shape index (κ1) is 16.3. The molecular formula is C21H24N2O2. The van der Waals surface area contributed by atoms with E-state index in [2.05, 4.69) is 41.0 Å².